The van der Waals surface area contributed by atoms with E-state index in [-0.39, 0.29) is 17.6 Å². The highest BCUT2D eigenvalue weighted by Gasteiger charge is 2.17. The van der Waals surface area contributed by atoms with Crippen molar-refractivity contribution >= 4 is 29.7 Å². The Morgan fingerprint density at radius 1 is 0.837 bits per heavy atom. The maximum atomic E-state index is 13.4. The largest absolute Gasteiger partial charge is 0.465 e. The summed E-state index contributed by atoms with van der Waals surface area (Å²) in [6, 6.07) is 20.2. The summed E-state index contributed by atoms with van der Waals surface area (Å²) < 4.78 is 1.88. The third kappa shape index (κ3) is 8.06. The van der Waals surface area contributed by atoms with E-state index in [9.17, 15) is 14.4 Å². The van der Waals surface area contributed by atoms with Crippen LogP contribution in [-0.2, 0) is 11.2 Å². The number of rotatable bonds is 11. The van der Waals surface area contributed by atoms with Gasteiger partial charge in [-0.15, -0.1) is 0 Å². The summed E-state index contributed by atoms with van der Waals surface area (Å²) in [6.07, 6.45) is 9.82. The number of amides is 3. The molecule has 0 saturated carbocycles. The highest BCUT2D eigenvalue weighted by Crippen LogP contribution is 2.23. The molecule has 1 saturated heterocycles. The van der Waals surface area contributed by atoms with E-state index < -0.39 is 6.09 Å². The fourth-order valence-corrected chi connectivity index (χ4v) is 5.25. The lowest BCUT2D eigenvalue weighted by Crippen LogP contribution is -2.35. The summed E-state index contributed by atoms with van der Waals surface area (Å²) in [6.45, 7) is 1.79. The number of nitrogens with zero attached hydrogens (tertiary/aromatic N) is 4. The molecule has 1 aliphatic rings. The highest BCUT2D eigenvalue weighted by molar-refractivity contribution is 6.04. The molecular formula is C33H36N6O4. The van der Waals surface area contributed by atoms with Crippen molar-refractivity contribution in [1.29, 1.82) is 0 Å². The van der Waals surface area contributed by atoms with Crippen LogP contribution in [0.5, 0.6) is 0 Å². The van der Waals surface area contributed by atoms with Crippen molar-refractivity contribution in [2.75, 3.05) is 23.7 Å². The quantitative estimate of drug-likeness (QED) is 0.176. The molecule has 0 unspecified atom stereocenters. The van der Waals surface area contributed by atoms with Gasteiger partial charge in [-0.05, 0) is 80.5 Å². The van der Waals surface area contributed by atoms with E-state index in [1.165, 1.54) is 6.42 Å². The zero-order valence-corrected chi connectivity index (χ0v) is 24.0. The van der Waals surface area contributed by atoms with Gasteiger partial charge in [0.1, 0.15) is 5.82 Å². The Kier molecular flexibility index (Phi) is 9.78. The first kappa shape index (κ1) is 29.5. The number of likely N-dealkylation sites (tertiary alicyclic amines) is 1. The molecule has 0 spiro atoms. The van der Waals surface area contributed by atoms with Crippen LogP contribution >= 0.6 is 0 Å². The van der Waals surface area contributed by atoms with E-state index in [0.29, 0.717) is 17.9 Å². The molecule has 10 heteroatoms. The molecule has 2 aromatic carbocycles. The maximum absolute atomic E-state index is 13.4. The minimum Gasteiger partial charge on any atom is -0.465 e. The number of anilines is 2. The van der Waals surface area contributed by atoms with Gasteiger partial charge in [-0.2, -0.15) is 0 Å². The van der Waals surface area contributed by atoms with Gasteiger partial charge in [0.05, 0.1) is 5.69 Å². The maximum Gasteiger partial charge on any atom is 0.410 e. The van der Waals surface area contributed by atoms with E-state index in [0.717, 1.165) is 74.1 Å². The second-order valence-electron chi connectivity index (χ2n) is 10.7. The molecule has 5 rings (SSSR count). The van der Waals surface area contributed by atoms with Crippen molar-refractivity contribution in [3.63, 3.8) is 0 Å². The molecule has 43 heavy (non-hydrogen) atoms. The number of imidazole rings is 1. The lowest BCUT2D eigenvalue weighted by atomic mass is 10.0. The number of hydrogen-bond donors (Lipinski definition) is 3. The van der Waals surface area contributed by atoms with Crippen molar-refractivity contribution in [3.05, 3.63) is 90.4 Å². The van der Waals surface area contributed by atoms with Crippen LogP contribution in [0.1, 0.15) is 61.0 Å². The minimum atomic E-state index is -1.18. The number of aryl methyl sites for hydroxylation is 1. The van der Waals surface area contributed by atoms with Crippen LogP contribution in [-0.4, -0.2) is 55.5 Å². The fraction of sp³-hybridized carbons (Fsp3) is 0.303. The summed E-state index contributed by atoms with van der Waals surface area (Å²) in [5.41, 5.74) is 3.73. The molecule has 0 atom stereocenters. The first-order valence-corrected chi connectivity index (χ1v) is 14.8. The van der Waals surface area contributed by atoms with E-state index in [1.807, 2.05) is 52.1 Å². The van der Waals surface area contributed by atoms with Gasteiger partial charge in [-0.3, -0.25) is 24.8 Å². The summed E-state index contributed by atoms with van der Waals surface area (Å²) >= 11 is 0. The SMILES string of the molecule is O=C(O)Nc1ccc(-c2cccc(C(=O)Nc3nc(CCCCCC(=O)N4CCCCC4)cn3-c3ccccc3)c2)cn1. The van der Waals surface area contributed by atoms with Gasteiger partial charge in [0.25, 0.3) is 5.91 Å². The lowest BCUT2D eigenvalue weighted by Gasteiger charge is -2.26. The third-order valence-corrected chi connectivity index (χ3v) is 7.50. The minimum absolute atomic E-state index is 0.222. The van der Waals surface area contributed by atoms with Gasteiger partial charge in [0.15, 0.2) is 0 Å². The van der Waals surface area contributed by atoms with Crippen LogP contribution in [0, 0.1) is 0 Å². The molecular weight excluding hydrogens is 544 g/mol. The Bertz CT molecular complexity index is 1550. The Morgan fingerprint density at radius 2 is 1.65 bits per heavy atom. The van der Waals surface area contributed by atoms with E-state index >= 15 is 0 Å². The van der Waals surface area contributed by atoms with Gasteiger partial charge >= 0.3 is 6.09 Å². The van der Waals surface area contributed by atoms with Crippen LogP contribution in [0.15, 0.2) is 79.1 Å². The first-order chi connectivity index (χ1) is 21.0. The zero-order chi connectivity index (χ0) is 30.0. The second-order valence-corrected chi connectivity index (χ2v) is 10.7. The van der Waals surface area contributed by atoms with Crippen LogP contribution in [0.25, 0.3) is 16.8 Å². The predicted octanol–water partition coefficient (Wildman–Crippen LogP) is 6.39. The molecule has 0 radical (unpaired) electrons. The number of carbonyl (C=O) groups excluding carboxylic acids is 2. The Labute approximate surface area is 250 Å². The Morgan fingerprint density at radius 3 is 2.40 bits per heavy atom. The van der Waals surface area contributed by atoms with Crippen molar-refractivity contribution in [3.8, 4) is 16.8 Å². The average molecular weight is 581 g/mol. The van der Waals surface area contributed by atoms with Crippen LogP contribution in [0.2, 0.25) is 0 Å². The van der Waals surface area contributed by atoms with Crippen molar-refractivity contribution in [2.24, 2.45) is 0 Å². The summed E-state index contributed by atoms with van der Waals surface area (Å²) in [5, 5.41) is 14.1. The molecule has 3 heterocycles. The lowest BCUT2D eigenvalue weighted by molar-refractivity contribution is -0.132. The average Bonchev–Trinajstić information content (AvgIpc) is 3.44. The molecule has 10 nitrogen and oxygen atoms in total. The van der Waals surface area contributed by atoms with E-state index in [4.69, 9.17) is 10.1 Å². The third-order valence-electron chi connectivity index (χ3n) is 7.50. The number of unbranched alkanes of at least 4 members (excludes halogenated alkanes) is 2. The number of carboxylic acid groups (broad SMARTS) is 1. The summed E-state index contributed by atoms with van der Waals surface area (Å²) in [7, 11) is 0. The number of benzene rings is 2. The Balaban J connectivity index is 1.23. The number of pyridine rings is 1. The predicted molar refractivity (Wildman–Crippen MR) is 165 cm³/mol. The van der Waals surface area contributed by atoms with E-state index in [1.54, 1.807) is 36.5 Å². The normalized spacial score (nSPS) is 13.0. The van der Waals surface area contributed by atoms with Crippen molar-refractivity contribution in [1.82, 2.24) is 19.4 Å². The smallest absolute Gasteiger partial charge is 0.410 e. The fourth-order valence-electron chi connectivity index (χ4n) is 5.25. The molecule has 3 amide bonds. The molecule has 3 N–H and O–H groups in total. The van der Waals surface area contributed by atoms with Crippen LogP contribution in [0.3, 0.4) is 0 Å². The number of hydrogen-bond acceptors (Lipinski definition) is 5. The number of carbonyl (C=O) groups is 3. The van der Waals surface area contributed by atoms with Crippen molar-refractivity contribution < 1.29 is 19.5 Å². The molecule has 4 aromatic rings. The van der Waals surface area contributed by atoms with Crippen molar-refractivity contribution in [2.45, 2.75) is 51.4 Å². The molecule has 222 valence electrons. The summed E-state index contributed by atoms with van der Waals surface area (Å²) in [4.78, 5) is 47.6. The highest BCUT2D eigenvalue weighted by atomic mass is 16.4. The van der Waals surface area contributed by atoms with Gasteiger partial charge < -0.3 is 10.0 Å². The van der Waals surface area contributed by atoms with Gasteiger partial charge in [-0.1, -0.05) is 36.8 Å². The monoisotopic (exact) mass is 580 g/mol. The van der Waals surface area contributed by atoms with Gasteiger partial charge in [-0.25, -0.2) is 14.8 Å². The number of aromatic nitrogens is 3. The van der Waals surface area contributed by atoms with E-state index in [2.05, 4.69) is 15.6 Å². The number of para-hydroxylation sites is 1. The first-order valence-electron chi connectivity index (χ1n) is 14.8. The Hall–Kier alpha value is -4.99. The number of nitrogens with one attached hydrogen (secondary N) is 2. The molecule has 0 aliphatic carbocycles. The standard InChI is InChI=1S/C33H36N6O4/c40-30(38-19-8-3-9-20-38)16-7-1-4-13-27-23-39(28-14-5-2-6-15-28)32(35-27)37-31(41)25-12-10-11-24(21-25)26-17-18-29(34-22-26)36-33(42)43/h2,5-6,10-12,14-15,17-18,21-23H,1,3-4,7-9,13,16,19-20H2,(H,34,36)(H,42,43)(H,35,37,41). The molecule has 1 aliphatic heterocycles. The second kappa shape index (κ2) is 14.3. The topological polar surface area (TPSA) is 129 Å². The van der Waals surface area contributed by atoms with Gasteiger partial charge in [0.2, 0.25) is 11.9 Å². The summed E-state index contributed by atoms with van der Waals surface area (Å²) in [5.74, 6) is 0.623. The zero-order valence-electron chi connectivity index (χ0n) is 24.0. The molecule has 2 aromatic heterocycles. The molecule has 0 bridgehead atoms. The van der Waals surface area contributed by atoms with Crippen LogP contribution in [0.4, 0.5) is 16.6 Å². The molecule has 1 fully saturated rings. The van der Waals surface area contributed by atoms with Gasteiger partial charge in [0, 0.05) is 48.7 Å². The number of piperidine rings is 1. The van der Waals surface area contributed by atoms with Crippen LogP contribution < -0.4 is 10.6 Å².